The number of non-ortho nitro benzene ring substituents is 1. The van der Waals surface area contributed by atoms with Crippen molar-refractivity contribution in [3.05, 3.63) is 69.2 Å². The molecule has 0 heterocycles. The Morgan fingerprint density at radius 2 is 1.89 bits per heavy atom. The Labute approximate surface area is 165 Å². The molecule has 0 aliphatic rings. The van der Waals surface area contributed by atoms with Crippen LogP contribution in [0.1, 0.15) is 12.5 Å². The summed E-state index contributed by atoms with van der Waals surface area (Å²) in [4.78, 5) is 34.7. The van der Waals surface area contributed by atoms with E-state index < -0.39 is 22.9 Å². The van der Waals surface area contributed by atoms with Crippen molar-refractivity contribution < 1.29 is 19.2 Å². The van der Waals surface area contributed by atoms with Crippen LogP contribution >= 0.6 is 23.4 Å². The van der Waals surface area contributed by atoms with E-state index in [0.29, 0.717) is 9.92 Å². The first kappa shape index (κ1) is 20.7. The Hall–Kier alpha value is -2.58. The minimum atomic E-state index is -0.947. The number of esters is 1. The average Bonchev–Trinajstić information content (AvgIpc) is 2.65. The van der Waals surface area contributed by atoms with Gasteiger partial charge in [-0.25, -0.2) is 0 Å². The number of amides is 1. The Bertz CT molecular complexity index is 829. The SMILES string of the molecule is C[C@@H](OC(=O)CSc1ccc([N+](=O)[O-])cc1)C(=O)NCc1ccccc1Cl. The highest BCUT2D eigenvalue weighted by Crippen LogP contribution is 2.21. The van der Waals surface area contributed by atoms with Crippen molar-refractivity contribution in [1.29, 1.82) is 0 Å². The van der Waals surface area contributed by atoms with E-state index in [-0.39, 0.29) is 18.0 Å². The van der Waals surface area contributed by atoms with Crippen LogP contribution < -0.4 is 5.32 Å². The van der Waals surface area contributed by atoms with Gasteiger partial charge in [0.25, 0.3) is 11.6 Å². The quantitative estimate of drug-likeness (QED) is 0.310. The van der Waals surface area contributed by atoms with Crippen molar-refractivity contribution in [3.8, 4) is 0 Å². The number of hydrogen-bond acceptors (Lipinski definition) is 6. The number of halogens is 1. The Morgan fingerprint density at radius 1 is 1.22 bits per heavy atom. The second-order valence-electron chi connectivity index (χ2n) is 5.48. The van der Waals surface area contributed by atoms with Gasteiger partial charge in [0.2, 0.25) is 0 Å². The predicted molar refractivity (Wildman–Crippen MR) is 103 cm³/mol. The van der Waals surface area contributed by atoms with E-state index in [2.05, 4.69) is 5.32 Å². The number of rotatable bonds is 8. The Morgan fingerprint density at radius 3 is 2.52 bits per heavy atom. The fourth-order valence-corrected chi connectivity index (χ4v) is 2.94. The highest BCUT2D eigenvalue weighted by molar-refractivity contribution is 8.00. The molecule has 0 fully saturated rings. The number of carbonyl (C=O) groups is 2. The van der Waals surface area contributed by atoms with Gasteiger partial charge in [-0.3, -0.25) is 19.7 Å². The number of ether oxygens (including phenoxy) is 1. The minimum Gasteiger partial charge on any atom is -0.452 e. The molecule has 0 saturated carbocycles. The number of hydrogen-bond donors (Lipinski definition) is 1. The molecule has 27 heavy (non-hydrogen) atoms. The van der Waals surface area contributed by atoms with Gasteiger partial charge in [0, 0.05) is 28.6 Å². The smallest absolute Gasteiger partial charge is 0.317 e. The summed E-state index contributed by atoms with van der Waals surface area (Å²) in [6.07, 6.45) is -0.947. The lowest BCUT2D eigenvalue weighted by Gasteiger charge is -2.14. The van der Waals surface area contributed by atoms with E-state index in [4.69, 9.17) is 16.3 Å². The van der Waals surface area contributed by atoms with Gasteiger partial charge >= 0.3 is 5.97 Å². The summed E-state index contributed by atoms with van der Waals surface area (Å²) in [7, 11) is 0. The lowest BCUT2D eigenvalue weighted by atomic mass is 10.2. The van der Waals surface area contributed by atoms with Crippen LogP contribution in [0.2, 0.25) is 5.02 Å². The molecule has 0 aliphatic carbocycles. The predicted octanol–water partition coefficient (Wildman–Crippen LogP) is 3.59. The van der Waals surface area contributed by atoms with Crippen LogP contribution in [0.15, 0.2) is 53.4 Å². The number of thioether (sulfide) groups is 1. The normalized spacial score (nSPS) is 11.5. The molecular weight excluding hydrogens is 392 g/mol. The molecule has 0 radical (unpaired) electrons. The molecule has 0 unspecified atom stereocenters. The fourth-order valence-electron chi connectivity index (χ4n) is 2.06. The summed E-state index contributed by atoms with van der Waals surface area (Å²) >= 11 is 7.19. The van der Waals surface area contributed by atoms with E-state index in [1.54, 1.807) is 30.3 Å². The average molecular weight is 409 g/mol. The van der Waals surface area contributed by atoms with Crippen molar-refractivity contribution in [1.82, 2.24) is 5.32 Å². The minimum absolute atomic E-state index is 0.0139. The van der Waals surface area contributed by atoms with Crippen LogP contribution in [0.25, 0.3) is 0 Å². The van der Waals surface area contributed by atoms with Crippen molar-refractivity contribution in [2.24, 2.45) is 0 Å². The Balaban J connectivity index is 1.76. The second kappa shape index (κ2) is 9.94. The number of nitro groups is 1. The first-order chi connectivity index (χ1) is 12.9. The lowest BCUT2D eigenvalue weighted by molar-refractivity contribution is -0.384. The molecule has 1 amide bonds. The van der Waals surface area contributed by atoms with Crippen molar-refractivity contribution in [2.75, 3.05) is 5.75 Å². The number of nitro benzene ring substituents is 1. The summed E-state index contributed by atoms with van der Waals surface area (Å²) in [6.45, 7) is 1.72. The molecular formula is C18H17ClN2O5S. The summed E-state index contributed by atoms with van der Waals surface area (Å²) in [6, 6.07) is 12.9. The molecule has 2 aromatic carbocycles. The highest BCUT2D eigenvalue weighted by Gasteiger charge is 2.18. The van der Waals surface area contributed by atoms with E-state index in [0.717, 1.165) is 5.56 Å². The zero-order chi connectivity index (χ0) is 19.8. The van der Waals surface area contributed by atoms with Crippen molar-refractivity contribution in [2.45, 2.75) is 24.5 Å². The van der Waals surface area contributed by atoms with Gasteiger partial charge in [-0.1, -0.05) is 29.8 Å². The first-order valence-corrected chi connectivity index (χ1v) is 9.31. The second-order valence-corrected chi connectivity index (χ2v) is 6.94. The molecule has 142 valence electrons. The zero-order valence-corrected chi connectivity index (χ0v) is 16.0. The van der Waals surface area contributed by atoms with Crippen LogP contribution in [-0.4, -0.2) is 28.7 Å². The first-order valence-electron chi connectivity index (χ1n) is 7.94. The van der Waals surface area contributed by atoms with Crippen molar-refractivity contribution in [3.63, 3.8) is 0 Å². The zero-order valence-electron chi connectivity index (χ0n) is 14.4. The molecule has 2 aromatic rings. The van der Waals surface area contributed by atoms with Gasteiger partial charge in [0.15, 0.2) is 6.10 Å². The maximum atomic E-state index is 12.0. The van der Waals surface area contributed by atoms with Gasteiger partial charge in [-0.05, 0) is 30.7 Å². The van der Waals surface area contributed by atoms with Crippen LogP contribution in [-0.2, 0) is 20.9 Å². The summed E-state index contributed by atoms with van der Waals surface area (Å²) in [5.74, 6) is -0.998. The van der Waals surface area contributed by atoms with Gasteiger partial charge in [-0.15, -0.1) is 11.8 Å². The summed E-state index contributed by atoms with van der Waals surface area (Å²) in [5, 5.41) is 13.8. The van der Waals surface area contributed by atoms with Crippen molar-refractivity contribution >= 4 is 40.9 Å². The summed E-state index contributed by atoms with van der Waals surface area (Å²) < 4.78 is 5.10. The monoisotopic (exact) mass is 408 g/mol. The van der Waals surface area contributed by atoms with Crippen LogP contribution in [0.3, 0.4) is 0 Å². The third-order valence-electron chi connectivity index (χ3n) is 3.49. The third kappa shape index (κ3) is 6.58. The molecule has 1 N–H and O–H groups in total. The maximum Gasteiger partial charge on any atom is 0.317 e. The highest BCUT2D eigenvalue weighted by atomic mass is 35.5. The van der Waals surface area contributed by atoms with Crippen LogP contribution in [0.4, 0.5) is 5.69 Å². The topological polar surface area (TPSA) is 98.5 Å². The standard InChI is InChI=1S/C18H17ClN2O5S/c1-12(18(23)20-10-13-4-2-3-5-16(13)19)26-17(22)11-27-15-8-6-14(7-9-15)21(24)25/h2-9,12H,10-11H2,1H3,(H,20,23)/t12-/m1/s1. The van der Waals surface area contributed by atoms with E-state index >= 15 is 0 Å². The number of nitrogens with zero attached hydrogens (tertiary/aromatic N) is 1. The number of benzene rings is 2. The lowest BCUT2D eigenvalue weighted by Crippen LogP contribution is -2.35. The number of carbonyl (C=O) groups excluding carboxylic acids is 2. The van der Waals surface area contributed by atoms with E-state index in [1.165, 1.54) is 30.8 Å². The maximum absolute atomic E-state index is 12.0. The van der Waals surface area contributed by atoms with Gasteiger partial charge in [0.05, 0.1) is 10.7 Å². The fraction of sp³-hybridized carbons (Fsp3) is 0.222. The number of nitrogens with one attached hydrogen (secondary N) is 1. The molecule has 0 spiro atoms. The third-order valence-corrected chi connectivity index (χ3v) is 4.85. The summed E-state index contributed by atoms with van der Waals surface area (Å²) in [5.41, 5.74) is 0.741. The largest absolute Gasteiger partial charge is 0.452 e. The molecule has 0 aliphatic heterocycles. The van der Waals surface area contributed by atoms with Crippen LogP contribution in [0.5, 0.6) is 0 Å². The van der Waals surface area contributed by atoms with Gasteiger partial charge in [0.1, 0.15) is 0 Å². The van der Waals surface area contributed by atoms with Gasteiger partial charge < -0.3 is 10.1 Å². The molecule has 7 nitrogen and oxygen atoms in total. The van der Waals surface area contributed by atoms with E-state index in [9.17, 15) is 19.7 Å². The molecule has 1 atom stereocenters. The Kier molecular flexibility index (Phi) is 7.63. The molecule has 0 aromatic heterocycles. The molecule has 9 heteroatoms. The van der Waals surface area contributed by atoms with Crippen LogP contribution in [0, 0.1) is 10.1 Å². The molecule has 0 bridgehead atoms. The van der Waals surface area contributed by atoms with E-state index in [1.807, 2.05) is 6.07 Å². The van der Waals surface area contributed by atoms with Gasteiger partial charge in [-0.2, -0.15) is 0 Å². The molecule has 2 rings (SSSR count). The molecule has 0 saturated heterocycles.